The fourth-order valence-corrected chi connectivity index (χ4v) is 1.98. The monoisotopic (exact) mass is 243 g/mol. The van der Waals surface area contributed by atoms with Crippen LogP contribution in [0.2, 0.25) is 0 Å². The number of hydrogen-bond acceptors (Lipinski definition) is 3. The van der Waals surface area contributed by atoms with Crippen molar-refractivity contribution >= 4 is 10.2 Å². The zero-order chi connectivity index (χ0) is 12.2. The van der Waals surface area contributed by atoms with E-state index < -0.39 is 10.2 Å². The molecule has 0 bridgehead atoms. The number of hydrogen-bond donors (Lipinski definition) is 2. The molecule has 0 amide bonds. The number of rotatable bonds is 5. The zero-order valence-corrected chi connectivity index (χ0v) is 10.3. The summed E-state index contributed by atoms with van der Waals surface area (Å²) in [5.41, 5.74) is 7.43. The maximum atomic E-state index is 11.4. The van der Waals surface area contributed by atoms with Crippen LogP contribution in [0.15, 0.2) is 24.3 Å². The molecule has 3 N–H and O–H groups in total. The Balaban J connectivity index is 2.81. The molecule has 0 aliphatic carbocycles. The highest BCUT2D eigenvalue weighted by molar-refractivity contribution is 7.87. The predicted octanol–water partition coefficient (Wildman–Crippen LogP) is 0.0413. The van der Waals surface area contributed by atoms with Crippen molar-refractivity contribution in [2.75, 3.05) is 14.1 Å². The summed E-state index contributed by atoms with van der Waals surface area (Å²) in [6.45, 7) is 0.785. The van der Waals surface area contributed by atoms with Gasteiger partial charge in [-0.05, 0) is 11.1 Å². The van der Waals surface area contributed by atoms with E-state index in [-0.39, 0.29) is 0 Å². The number of nitrogens with one attached hydrogen (secondary N) is 1. The van der Waals surface area contributed by atoms with Gasteiger partial charge in [0, 0.05) is 27.2 Å². The minimum absolute atomic E-state index is 0.330. The van der Waals surface area contributed by atoms with Crippen LogP contribution >= 0.6 is 0 Å². The van der Waals surface area contributed by atoms with Crippen molar-refractivity contribution in [1.29, 1.82) is 0 Å². The summed E-state index contributed by atoms with van der Waals surface area (Å²) in [5, 5.41) is 0. The summed E-state index contributed by atoms with van der Waals surface area (Å²) in [5.74, 6) is 0. The summed E-state index contributed by atoms with van der Waals surface area (Å²) < 4.78 is 26.4. The van der Waals surface area contributed by atoms with Gasteiger partial charge >= 0.3 is 0 Å². The van der Waals surface area contributed by atoms with Crippen molar-refractivity contribution in [2.45, 2.75) is 13.1 Å². The highest BCUT2D eigenvalue weighted by Crippen LogP contribution is 2.08. The predicted molar refractivity (Wildman–Crippen MR) is 63.8 cm³/mol. The Hall–Kier alpha value is -0.950. The molecular formula is C10H17N3O2S. The minimum Gasteiger partial charge on any atom is -0.326 e. The third kappa shape index (κ3) is 3.28. The molecule has 0 aliphatic rings. The van der Waals surface area contributed by atoms with Gasteiger partial charge in [0.25, 0.3) is 10.2 Å². The van der Waals surface area contributed by atoms with Crippen LogP contribution in [-0.2, 0) is 23.3 Å². The molecule has 0 radical (unpaired) electrons. The van der Waals surface area contributed by atoms with Crippen LogP contribution in [0.1, 0.15) is 11.1 Å². The lowest BCUT2D eigenvalue weighted by atomic mass is 10.1. The molecule has 1 aromatic rings. The van der Waals surface area contributed by atoms with Crippen LogP contribution < -0.4 is 10.5 Å². The average Bonchev–Trinajstić information content (AvgIpc) is 2.29. The van der Waals surface area contributed by atoms with E-state index >= 15 is 0 Å². The van der Waals surface area contributed by atoms with Gasteiger partial charge in [0.05, 0.1) is 0 Å². The molecule has 5 nitrogen and oxygen atoms in total. The molecule has 0 saturated carbocycles. The van der Waals surface area contributed by atoms with Gasteiger partial charge in [0.2, 0.25) is 0 Å². The normalized spacial score (nSPS) is 12.0. The average molecular weight is 243 g/mol. The summed E-state index contributed by atoms with van der Waals surface area (Å²) in [4.78, 5) is 0. The Morgan fingerprint density at radius 1 is 1.38 bits per heavy atom. The standard InChI is InChI=1S/C10H17N3O2S/c1-12-16(14,15)13(2)8-10-5-3-4-9(6-10)7-11/h3-6,12H,7-8,11H2,1-2H3. The summed E-state index contributed by atoms with van der Waals surface area (Å²) in [6, 6.07) is 7.57. The van der Waals surface area contributed by atoms with E-state index in [9.17, 15) is 8.42 Å². The Bertz CT molecular complexity index is 445. The molecule has 6 heteroatoms. The first-order valence-corrected chi connectivity index (χ1v) is 6.36. The first-order valence-electron chi connectivity index (χ1n) is 4.92. The fraction of sp³-hybridized carbons (Fsp3) is 0.400. The fourth-order valence-electron chi connectivity index (χ4n) is 1.35. The van der Waals surface area contributed by atoms with Crippen LogP contribution in [0.5, 0.6) is 0 Å². The summed E-state index contributed by atoms with van der Waals surface area (Å²) >= 11 is 0. The Morgan fingerprint density at radius 3 is 2.56 bits per heavy atom. The van der Waals surface area contributed by atoms with Crippen LogP contribution in [0.3, 0.4) is 0 Å². The first-order chi connectivity index (χ1) is 7.49. The van der Waals surface area contributed by atoms with Crippen LogP contribution in [-0.4, -0.2) is 26.8 Å². The Labute approximate surface area is 96.4 Å². The van der Waals surface area contributed by atoms with Crippen molar-refractivity contribution in [3.8, 4) is 0 Å². The van der Waals surface area contributed by atoms with Crippen molar-refractivity contribution in [2.24, 2.45) is 5.73 Å². The molecule has 90 valence electrons. The van der Waals surface area contributed by atoms with E-state index in [0.717, 1.165) is 11.1 Å². The van der Waals surface area contributed by atoms with Gasteiger partial charge in [-0.3, -0.25) is 0 Å². The highest BCUT2D eigenvalue weighted by Gasteiger charge is 2.14. The van der Waals surface area contributed by atoms with Gasteiger partial charge in [-0.1, -0.05) is 24.3 Å². The second kappa shape index (κ2) is 5.40. The minimum atomic E-state index is -3.36. The van der Waals surface area contributed by atoms with Crippen LogP contribution in [0.25, 0.3) is 0 Å². The molecule has 0 aromatic heterocycles. The lowest BCUT2D eigenvalue weighted by Gasteiger charge is -2.16. The summed E-state index contributed by atoms with van der Waals surface area (Å²) in [7, 11) is -0.444. The molecule has 0 atom stereocenters. The maximum Gasteiger partial charge on any atom is 0.279 e. The second-order valence-electron chi connectivity index (χ2n) is 3.49. The lowest BCUT2D eigenvalue weighted by Crippen LogP contribution is -2.35. The molecule has 0 saturated heterocycles. The van der Waals surface area contributed by atoms with E-state index in [2.05, 4.69) is 4.72 Å². The number of nitrogens with zero attached hydrogens (tertiary/aromatic N) is 1. The van der Waals surface area contributed by atoms with Gasteiger partial charge in [-0.25, -0.2) is 4.72 Å². The Kier molecular flexibility index (Phi) is 4.43. The van der Waals surface area contributed by atoms with E-state index in [1.54, 1.807) is 0 Å². The van der Waals surface area contributed by atoms with E-state index in [4.69, 9.17) is 5.73 Å². The second-order valence-corrected chi connectivity index (χ2v) is 5.47. The van der Waals surface area contributed by atoms with E-state index in [1.807, 2.05) is 24.3 Å². The Morgan fingerprint density at radius 2 is 2.00 bits per heavy atom. The number of nitrogens with two attached hydrogens (primary N) is 1. The van der Waals surface area contributed by atoms with Crippen molar-refractivity contribution < 1.29 is 8.42 Å². The molecule has 0 spiro atoms. The van der Waals surface area contributed by atoms with Crippen LogP contribution in [0.4, 0.5) is 0 Å². The molecule has 0 fully saturated rings. The number of benzene rings is 1. The molecule has 0 aliphatic heterocycles. The van der Waals surface area contributed by atoms with Crippen molar-refractivity contribution in [3.63, 3.8) is 0 Å². The van der Waals surface area contributed by atoms with Crippen molar-refractivity contribution in [3.05, 3.63) is 35.4 Å². The molecule has 1 rings (SSSR count). The van der Waals surface area contributed by atoms with E-state index in [1.165, 1.54) is 18.4 Å². The van der Waals surface area contributed by atoms with Gasteiger partial charge in [-0.15, -0.1) is 0 Å². The summed E-state index contributed by atoms with van der Waals surface area (Å²) in [6.07, 6.45) is 0. The third-order valence-electron chi connectivity index (χ3n) is 2.30. The first kappa shape index (κ1) is 13.1. The third-order valence-corrected chi connectivity index (χ3v) is 3.77. The van der Waals surface area contributed by atoms with Gasteiger partial charge in [0.1, 0.15) is 0 Å². The maximum absolute atomic E-state index is 11.4. The molecule has 1 aromatic carbocycles. The largest absolute Gasteiger partial charge is 0.326 e. The SMILES string of the molecule is CNS(=O)(=O)N(C)Cc1cccc(CN)c1. The van der Waals surface area contributed by atoms with Gasteiger partial charge in [-0.2, -0.15) is 12.7 Å². The van der Waals surface area contributed by atoms with Crippen molar-refractivity contribution in [1.82, 2.24) is 9.03 Å². The highest BCUT2D eigenvalue weighted by atomic mass is 32.2. The topological polar surface area (TPSA) is 75.4 Å². The van der Waals surface area contributed by atoms with Crippen LogP contribution in [0, 0.1) is 0 Å². The molecule has 16 heavy (non-hydrogen) atoms. The molecule has 0 heterocycles. The van der Waals surface area contributed by atoms with E-state index in [0.29, 0.717) is 13.1 Å². The van der Waals surface area contributed by atoms with Gasteiger partial charge in [0.15, 0.2) is 0 Å². The lowest BCUT2D eigenvalue weighted by molar-refractivity contribution is 0.459. The smallest absolute Gasteiger partial charge is 0.279 e. The quantitative estimate of drug-likeness (QED) is 0.767. The molecule has 0 unspecified atom stereocenters. The van der Waals surface area contributed by atoms with Gasteiger partial charge < -0.3 is 5.73 Å². The zero-order valence-electron chi connectivity index (χ0n) is 9.47. The molecular weight excluding hydrogens is 226 g/mol.